The molecule has 1 aromatic carbocycles. The first-order valence-corrected chi connectivity index (χ1v) is 9.58. The molecule has 0 aliphatic heterocycles. The highest BCUT2D eigenvalue weighted by Crippen LogP contribution is 2.23. The zero-order valence-corrected chi connectivity index (χ0v) is 17.5. The number of rotatable bonds is 4. The van der Waals surface area contributed by atoms with E-state index in [9.17, 15) is 14.0 Å². The number of nitrogens with zero attached hydrogens (tertiary/aromatic N) is 5. The van der Waals surface area contributed by atoms with Crippen LogP contribution in [0.3, 0.4) is 0 Å². The molecule has 162 valence electrons. The summed E-state index contributed by atoms with van der Waals surface area (Å²) in [4.78, 5) is 34.4. The van der Waals surface area contributed by atoms with E-state index in [2.05, 4.69) is 25.1 Å². The number of hydrogen-bond donors (Lipinski definition) is 1. The summed E-state index contributed by atoms with van der Waals surface area (Å²) in [6.45, 7) is 1.84. The van der Waals surface area contributed by atoms with E-state index in [0.717, 1.165) is 5.56 Å². The van der Waals surface area contributed by atoms with Gasteiger partial charge in [0.2, 0.25) is 0 Å². The Balaban J connectivity index is 1.69. The van der Waals surface area contributed by atoms with Gasteiger partial charge in [-0.3, -0.25) is 10.1 Å². The minimum absolute atomic E-state index is 0.206. The van der Waals surface area contributed by atoms with E-state index in [4.69, 9.17) is 0 Å². The van der Waals surface area contributed by atoms with E-state index in [1.807, 2.05) is 6.92 Å². The summed E-state index contributed by atoms with van der Waals surface area (Å²) in [5.74, 6) is -0.401. The maximum atomic E-state index is 13.2. The number of benzene rings is 1. The molecule has 0 radical (unpaired) electrons. The fraction of sp³-hybridized carbons (Fsp3) is 0.136. The molecular formula is C22H19FN6O3. The van der Waals surface area contributed by atoms with E-state index in [1.54, 1.807) is 42.2 Å². The van der Waals surface area contributed by atoms with Crippen molar-refractivity contribution in [3.8, 4) is 11.3 Å². The number of ether oxygens (including phenoxy) is 1. The first-order chi connectivity index (χ1) is 15.4. The number of amides is 2. The van der Waals surface area contributed by atoms with E-state index >= 15 is 0 Å². The zero-order chi connectivity index (χ0) is 22.8. The zero-order valence-electron chi connectivity index (χ0n) is 17.5. The Labute approximate surface area is 182 Å². The number of anilines is 2. The lowest BCUT2D eigenvalue weighted by atomic mass is 10.2. The monoisotopic (exact) mass is 434 g/mol. The predicted octanol–water partition coefficient (Wildman–Crippen LogP) is 3.69. The maximum absolute atomic E-state index is 13.2. The van der Waals surface area contributed by atoms with Gasteiger partial charge >= 0.3 is 6.09 Å². The molecule has 10 heteroatoms. The molecule has 4 aromatic rings. The minimum atomic E-state index is -0.620. The van der Waals surface area contributed by atoms with Crippen molar-refractivity contribution in [2.45, 2.75) is 6.92 Å². The van der Waals surface area contributed by atoms with Crippen LogP contribution in [0, 0.1) is 12.7 Å². The Morgan fingerprint density at radius 1 is 1.09 bits per heavy atom. The SMILES string of the molecule is COC(=O)Nc1ccc(-c2cnc3c(C)cc(C(=O)N(C)c4ccc(F)cc4)nn23)cn1. The van der Waals surface area contributed by atoms with Crippen LogP contribution < -0.4 is 10.2 Å². The molecule has 32 heavy (non-hydrogen) atoms. The van der Waals surface area contributed by atoms with Crippen LogP contribution in [-0.4, -0.2) is 45.7 Å². The van der Waals surface area contributed by atoms with Gasteiger partial charge in [0.25, 0.3) is 5.91 Å². The molecule has 2 amide bonds. The number of carbonyl (C=O) groups excluding carboxylic acids is 2. The molecule has 9 nitrogen and oxygen atoms in total. The number of aryl methyl sites for hydroxylation is 1. The van der Waals surface area contributed by atoms with Gasteiger partial charge in [0.05, 0.1) is 19.0 Å². The molecule has 0 bridgehead atoms. The first-order valence-electron chi connectivity index (χ1n) is 9.58. The number of fused-ring (bicyclic) bond motifs is 1. The van der Waals surface area contributed by atoms with Gasteiger partial charge in [-0.25, -0.2) is 23.7 Å². The minimum Gasteiger partial charge on any atom is -0.453 e. The highest BCUT2D eigenvalue weighted by Gasteiger charge is 2.19. The third kappa shape index (κ3) is 3.97. The van der Waals surface area contributed by atoms with Crippen molar-refractivity contribution in [2.24, 2.45) is 0 Å². The number of pyridine rings is 1. The normalized spacial score (nSPS) is 10.8. The van der Waals surface area contributed by atoms with Crippen LogP contribution in [0.5, 0.6) is 0 Å². The average molecular weight is 434 g/mol. The van der Waals surface area contributed by atoms with Crippen LogP contribution in [0.25, 0.3) is 16.9 Å². The molecule has 0 aliphatic carbocycles. The van der Waals surface area contributed by atoms with Gasteiger partial charge in [-0.1, -0.05) is 0 Å². The number of aromatic nitrogens is 4. The van der Waals surface area contributed by atoms with Gasteiger partial charge < -0.3 is 9.64 Å². The van der Waals surface area contributed by atoms with E-state index < -0.39 is 6.09 Å². The van der Waals surface area contributed by atoms with Gasteiger partial charge in [0, 0.05) is 24.5 Å². The Morgan fingerprint density at radius 2 is 1.84 bits per heavy atom. The van der Waals surface area contributed by atoms with Gasteiger partial charge in [0.15, 0.2) is 5.65 Å². The second-order valence-electron chi connectivity index (χ2n) is 6.98. The number of hydrogen-bond acceptors (Lipinski definition) is 6. The van der Waals surface area contributed by atoms with Crippen LogP contribution >= 0.6 is 0 Å². The number of nitrogens with one attached hydrogen (secondary N) is 1. The van der Waals surface area contributed by atoms with Crippen molar-refractivity contribution in [2.75, 3.05) is 24.4 Å². The Hall–Kier alpha value is -4.34. The third-order valence-electron chi connectivity index (χ3n) is 4.86. The number of imidazole rings is 1. The Bertz CT molecular complexity index is 1300. The molecule has 0 saturated heterocycles. The number of carbonyl (C=O) groups is 2. The third-order valence-corrected chi connectivity index (χ3v) is 4.86. The summed E-state index contributed by atoms with van der Waals surface area (Å²) < 4.78 is 19.3. The van der Waals surface area contributed by atoms with Gasteiger partial charge in [-0.05, 0) is 55.0 Å². The predicted molar refractivity (Wildman–Crippen MR) is 116 cm³/mol. The second kappa shape index (κ2) is 8.42. The lowest BCUT2D eigenvalue weighted by Crippen LogP contribution is -2.27. The Morgan fingerprint density at radius 3 is 2.50 bits per heavy atom. The summed E-state index contributed by atoms with van der Waals surface area (Å²) in [5.41, 5.74) is 3.42. The fourth-order valence-corrected chi connectivity index (χ4v) is 3.15. The smallest absolute Gasteiger partial charge is 0.412 e. The fourth-order valence-electron chi connectivity index (χ4n) is 3.15. The molecule has 0 atom stereocenters. The number of methoxy groups -OCH3 is 1. The molecule has 1 N–H and O–H groups in total. The largest absolute Gasteiger partial charge is 0.453 e. The van der Waals surface area contributed by atoms with Crippen LogP contribution in [-0.2, 0) is 4.74 Å². The van der Waals surface area contributed by atoms with E-state index in [1.165, 1.54) is 36.3 Å². The molecule has 4 rings (SSSR count). The summed E-state index contributed by atoms with van der Waals surface area (Å²) in [6.07, 6.45) is 2.58. The van der Waals surface area contributed by atoms with Crippen LogP contribution in [0.15, 0.2) is 54.9 Å². The summed E-state index contributed by atoms with van der Waals surface area (Å²) >= 11 is 0. The lowest BCUT2D eigenvalue weighted by Gasteiger charge is -2.17. The quantitative estimate of drug-likeness (QED) is 0.526. The highest BCUT2D eigenvalue weighted by atomic mass is 19.1. The average Bonchev–Trinajstić information content (AvgIpc) is 3.23. The second-order valence-corrected chi connectivity index (χ2v) is 6.98. The first kappa shape index (κ1) is 20.9. The van der Waals surface area contributed by atoms with E-state index in [-0.39, 0.29) is 17.4 Å². The summed E-state index contributed by atoms with van der Waals surface area (Å²) in [7, 11) is 2.87. The molecular weight excluding hydrogens is 415 g/mol. The standard InChI is InChI=1S/C22H19FN6O3/c1-13-10-17(21(30)28(2)16-7-5-15(23)6-8-16)27-29-18(12-25-20(13)29)14-4-9-19(24-11-14)26-22(31)32-3/h4-12H,1-3H3,(H,24,26,31). The number of halogens is 1. The Kier molecular flexibility index (Phi) is 5.50. The molecule has 0 spiro atoms. The van der Waals surface area contributed by atoms with Gasteiger partial charge in [-0.2, -0.15) is 5.10 Å². The van der Waals surface area contributed by atoms with Crippen molar-refractivity contribution in [3.63, 3.8) is 0 Å². The molecule has 0 fully saturated rings. The lowest BCUT2D eigenvalue weighted by molar-refractivity contribution is 0.0987. The van der Waals surface area contributed by atoms with Crippen molar-refractivity contribution >= 4 is 29.2 Å². The van der Waals surface area contributed by atoms with Crippen molar-refractivity contribution in [1.29, 1.82) is 0 Å². The highest BCUT2D eigenvalue weighted by molar-refractivity contribution is 6.04. The maximum Gasteiger partial charge on any atom is 0.412 e. The molecule has 0 aliphatic rings. The van der Waals surface area contributed by atoms with Crippen molar-refractivity contribution in [3.05, 3.63) is 71.9 Å². The van der Waals surface area contributed by atoms with Crippen LogP contribution in [0.4, 0.5) is 20.7 Å². The molecule has 0 saturated carbocycles. The molecule has 3 heterocycles. The summed E-state index contributed by atoms with van der Waals surface area (Å²) in [6, 6.07) is 10.7. The van der Waals surface area contributed by atoms with Gasteiger partial charge in [-0.15, -0.1) is 0 Å². The van der Waals surface area contributed by atoms with Crippen LogP contribution in [0.1, 0.15) is 16.1 Å². The van der Waals surface area contributed by atoms with E-state index in [0.29, 0.717) is 28.4 Å². The summed E-state index contributed by atoms with van der Waals surface area (Å²) in [5, 5.41) is 6.97. The topological polar surface area (TPSA) is 102 Å². The van der Waals surface area contributed by atoms with Crippen molar-refractivity contribution < 1.29 is 18.7 Å². The molecule has 3 aromatic heterocycles. The van der Waals surface area contributed by atoms with Crippen molar-refractivity contribution in [1.82, 2.24) is 19.6 Å². The van der Waals surface area contributed by atoms with Crippen LogP contribution in [0.2, 0.25) is 0 Å². The molecule has 0 unspecified atom stereocenters. The van der Waals surface area contributed by atoms with Gasteiger partial charge in [0.1, 0.15) is 17.3 Å².